The van der Waals surface area contributed by atoms with Gasteiger partial charge in [0.2, 0.25) is 0 Å². The maximum Gasteiger partial charge on any atom is 0.184 e. The molecule has 1 atom stereocenters. The van der Waals surface area contributed by atoms with Gasteiger partial charge in [-0.3, -0.25) is 4.79 Å². The van der Waals surface area contributed by atoms with Gasteiger partial charge in [-0.2, -0.15) is 0 Å². The molecule has 1 heterocycles. The number of nitrogen functional groups attached to an aromatic ring is 1. The van der Waals surface area contributed by atoms with Crippen LogP contribution in [0.2, 0.25) is 0 Å². The molecule has 1 unspecified atom stereocenters. The van der Waals surface area contributed by atoms with Crippen LogP contribution in [0.1, 0.15) is 24.2 Å². The van der Waals surface area contributed by atoms with Crippen LogP contribution in [0.5, 0.6) is 5.75 Å². The molecule has 1 aromatic rings. The molecule has 3 nitrogen and oxygen atoms in total. The molecule has 4 heteroatoms. The molecule has 0 saturated carbocycles. The molecule has 80 valence electrons. The Kier molecular flexibility index (Phi) is 2.26. The summed E-state index contributed by atoms with van der Waals surface area (Å²) in [6, 6.07) is 5.10. The van der Waals surface area contributed by atoms with Gasteiger partial charge in [-0.15, -0.1) is 0 Å². The van der Waals surface area contributed by atoms with Crippen LogP contribution in [0.15, 0.2) is 18.2 Å². The van der Waals surface area contributed by atoms with Crippen molar-refractivity contribution < 1.29 is 9.53 Å². The largest absolute Gasteiger partial charge is 0.485 e. The number of ether oxygens (including phenoxy) is 1. The zero-order valence-corrected chi connectivity index (χ0v) is 10.2. The molecule has 2 N–H and O–H groups in total. The number of hydrogen-bond acceptors (Lipinski definition) is 3. The summed E-state index contributed by atoms with van der Waals surface area (Å²) in [6.45, 7) is 3.74. The van der Waals surface area contributed by atoms with Crippen LogP contribution >= 0.6 is 15.9 Å². The van der Waals surface area contributed by atoms with Crippen molar-refractivity contribution in [2.24, 2.45) is 0 Å². The molecular weight excluding hydrogens is 258 g/mol. The molecule has 1 aliphatic rings. The van der Waals surface area contributed by atoms with E-state index in [2.05, 4.69) is 15.9 Å². The minimum atomic E-state index is -0.544. The number of halogens is 1. The number of fused-ring (bicyclic) bond motifs is 1. The van der Waals surface area contributed by atoms with Crippen LogP contribution in [-0.2, 0) is 0 Å². The Hall–Kier alpha value is -1.03. The second-order valence-corrected chi connectivity index (χ2v) is 5.10. The maximum atomic E-state index is 12.0. The Morgan fingerprint density at radius 1 is 1.47 bits per heavy atom. The zero-order valence-electron chi connectivity index (χ0n) is 8.58. The predicted octanol–water partition coefficient (Wildman–Crippen LogP) is 2.39. The van der Waals surface area contributed by atoms with Crippen LogP contribution in [0.25, 0.3) is 0 Å². The number of nitrogens with two attached hydrogens (primary N) is 1. The van der Waals surface area contributed by atoms with Crippen molar-refractivity contribution in [2.45, 2.75) is 24.3 Å². The Labute approximate surface area is 96.7 Å². The van der Waals surface area contributed by atoms with Gasteiger partial charge in [0.25, 0.3) is 0 Å². The smallest absolute Gasteiger partial charge is 0.184 e. The van der Waals surface area contributed by atoms with Crippen LogP contribution < -0.4 is 10.5 Å². The average molecular weight is 270 g/mol. The van der Waals surface area contributed by atoms with Crippen molar-refractivity contribution in [1.82, 2.24) is 0 Å². The fourth-order valence-electron chi connectivity index (χ4n) is 1.61. The maximum absolute atomic E-state index is 12.0. The third-order valence-electron chi connectivity index (χ3n) is 2.48. The third-order valence-corrected chi connectivity index (χ3v) is 4.00. The van der Waals surface area contributed by atoms with E-state index >= 15 is 0 Å². The van der Waals surface area contributed by atoms with Gasteiger partial charge in [-0.25, -0.2) is 0 Å². The zero-order chi connectivity index (χ0) is 11.2. The SMILES string of the molecule is CC1(C)Oc2cc(N)ccc2C(=O)C1Br. The number of benzene rings is 1. The molecule has 2 rings (SSSR count). The lowest BCUT2D eigenvalue weighted by atomic mass is 9.93. The van der Waals surface area contributed by atoms with Gasteiger partial charge in [0.15, 0.2) is 5.78 Å². The monoisotopic (exact) mass is 269 g/mol. The molecule has 0 radical (unpaired) electrons. The van der Waals surface area contributed by atoms with Crippen molar-refractivity contribution >= 4 is 27.4 Å². The van der Waals surface area contributed by atoms with E-state index in [0.29, 0.717) is 17.0 Å². The van der Waals surface area contributed by atoms with E-state index < -0.39 is 5.60 Å². The topological polar surface area (TPSA) is 52.3 Å². The summed E-state index contributed by atoms with van der Waals surface area (Å²) in [4.78, 5) is 11.7. The van der Waals surface area contributed by atoms with E-state index in [4.69, 9.17) is 10.5 Å². The first-order chi connectivity index (χ1) is 6.92. The average Bonchev–Trinajstić information content (AvgIpc) is 2.13. The summed E-state index contributed by atoms with van der Waals surface area (Å²) in [7, 11) is 0. The summed E-state index contributed by atoms with van der Waals surface area (Å²) in [5, 5.41) is 0. The Balaban J connectivity index is 2.55. The minimum absolute atomic E-state index is 0.0428. The highest BCUT2D eigenvalue weighted by molar-refractivity contribution is 9.10. The van der Waals surface area contributed by atoms with E-state index in [1.54, 1.807) is 18.2 Å². The minimum Gasteiger partial charge on any atom is -0.485 e. The van der Waals surface area contributed by atoms with Gasteiger partial charge in [-0.1, -0.05) is 15.9 Å². The summed E-state index contributed by atoms with van der Waals surface area (Å²) < 4.78 is 5.74. The highest BCUT2D eigenvalue weighted by Crippen LogP contribution is 2.37. The number of carbonyl (C=O) groups excluding carboxylic acids is 1. The number of rotatable bonds is 0. The van der Waals surface area contributed by atoms with Crippen LogP contribution in [-0.4, -0.2) is 16.2 Å². The first-order valence-electron chi connectivity index (χ1n) is 4.68. The number of ketones is 1. The Morgan fingerprint density at radius 3 is 2.80 bits per heavy atom. The third kappa shape index (κ3) is 1.63. The summed E-state index contributed by atoms with van der Waals surface area (Å²) in [5.41, 5.74) is 6.29. The summed E-state index contributed by atoms with van der Waals surface area (Å²) >= 11 is 3.36. The lowest BCUT2D eigenvalue weighted by Gasteiger charge is -2.35. The summed E-state index contributed by atoms with van der Waals surface area (Å²) in [6.07, 6.45) is 0. The lowest BCUT2D eigenvalue weighted by molar-refractivity contribution is 0.0669. The van der Waals surface area contributed by atoms with Gasteiger partial charge in [0, 0.05) is 11.8 Å². The van der Waals surface area contributed by atoms with E-state index in [9.17, 15) is 4.79 Å². The van der Waals surface area contributed by atoms with Gasteiger partial charge in [-0.05, 0) is 26.0 Å². The molecule has 15 heavy (non-hydrogen) atoms. The molecule has 0 aromatic heterocycles. The number of anilines is 1. The van der Waals surface area contributed by atoms with Crippen LogP contribution in [0.4, 0.5) is 5.69 Å². The Bertz CT molecular complexity index is 429. The second-order valence-electron chi connectivity index (χ2n) is 4.19. The molecule has 0 spiro atoms. The molecule has 0 saturated heterocycles. The van der Waals surface area contributed by atoms with Crippen LogP contribution in [0.3, 0.4) is 0 Å². The van der Waals surface area contributed by atoms with Crippen molar-refractivity contribution in [3.63, 3.8) is 0 Å². The molecule has 1 aliphatic heterocycles. The predicted molar refractivity (Wildman–Crippen MR) is 62.6 cm³/mol. The van der Waals surface area contributed by atoms with Crippen molar-refractivity contribution in [3.8, 4) is 5.75 Å². The fourth-order valence-corrected chi connectivity index (χ4v) is 1.95. The second kappa shape index (κ2) is 3.23. The van der Waals surface area contributed by atoms with Gasteiger partial charge < -0.3 is 10.5 Å². The standard InChI is InChI=1S/C11H12BrNO2/c1-11(2)10(12)9(14)7-4-3-6(13)5-8(7)15-11/h3-5,10H,13H2,1-2H3. The van der Waals surface area contributed by atoms with Gasteiger partial charge >= 0.3 is 0 Å². The highest BCUT2D eigenvalue weighted by Gasteiger charge is 2.41. The molecule has 0 fully saturated rings. The molecule has 0 aliphatic carbocycles. The van der Waals surface area contributed by atoms with Gasteiger partial charge in [0.1, 0.15) is 16.2 Å². The fraction of sp³-hybridized carbons (Fsp3) is 0.364. The quantitative estimate of drug-likeness (QED) is 0.581. The summed E-state index contributed by atoms with van der Waals surface area (Å²) in [5.74, 6) is 0.613. The highest BCUT2D eigenvalue weighted by atomic mass is 79.9. The normalized spacial score (nSPS) is 23.1. The number of Topliss-reactive ketones (excluding diaryl/α,β-unsaturated/α-hetero) is 1. The number of alkyl halides is 1. The number of carbonyl (C=O) groups is 1. The van der Waals surface area contributed by atoms with E-state index in [1.165, 1.54) is 0 Å². The Morgan fingerprint density at radius 2 is 2.13 bits per heavy atom. The lowest BCUT2D eigenvalue weighted by Crippen LogP contribution is -2.46. The van der Waals surface area contributed by atoms with E-state index in [-0.39, 0.29) is 10.6 Å². The van der Waals surface area contributed by atoms with Crippen molar-refractivity contribution in [2.75, 3.05) is 5.73 Å². The first-order valence-corrected chi connectivity index (χ1v) is 5.60. The van der Waals surface area contributed by atoms with Crippen molar-refractivity contribution in [3.05, 3.63) is 23.8 Å². The first kappa shape index (κ1) is 10.5. The van der Waals surface area contributed by atoms with E-state index in [0.717, 1.165) is 0 Å². The van der Waals surface area contributed by atoms with Gasteiger partial charge in [0.05, 0.1) is 5.56 Å². The molecular formula is C11H12BrNO2. The molecule has 1 aromatic carbocycles. The van der Waals surface area contributed by atoms with Crippen molar-refractivity contribution in [1.29, 1.82) is 0 Å². The molecule has 0 bridgehead atoms. The number of hydrogen-bond donors (Lipinski definition) is 1. The molecule has 0 amide bonds. The van der Waals surface area contributed by atoms with E-state index in [1.807, 2.05) is 13.8 Å². The van der Waals surface area contributed by atoms with Crippen LogP contribution in [0, 0.1) is 0 Å².